The molecule has 0 amide bonds. The van der Waals surface area contributed by atoms with Crippen molar-refractivity contribution < 1.29 is 9.47 Å². The van der Waals surface area contributed by atoms with Gasteiger partial charge in [-0.15, -0.1) is 0 Å². The van der Waals surface area contributed by atoms with Gasteiger partial charge < -0.3 is 19.3 Å². The third-order valence-electron chi connectivity index (χ3n) is 14.4. The molecule has 0 aliphatic carbocycles. The third kappa shape index (κ3) is 6.30. The first kappa shape index (κ1) is 39.9. The Bertz CT molecular complexity index is 3600. The van der Waals surface area contributed by atoms with E-state index in [0.717, 1.165) is 67.9 Å². The predicted molar refractivity (Wildman–Crippen MR) is 294 cm³/mol. The summed E-state index contributed by atoms with van der Waals surface area (Å²) in [6.45, 7) is -0.101. The summed E-state index contributed by atoms with van der Waals surface area (Å²) in [6.07, 6.45) is 0. The molecule has 4 heterocycles. The van der Waals surface area contributed by atoms with Crippen LogP contribution in [0.5, 0.6) is 23.0 Å². The Morgan fingerprint density at radius 1 is 0.271 bits per heavy atom. The van der Waals surface area contributed by atoms with Gasteiger partial charge in [-0.1, -0.05) is 174 Å². The van der Waals surface area contributed by atoms with Crippen LogP contribution in [0, 0.1) is 0 Å². The first-order valence-electron chi connectivity index (χ1n) is 23.8. The second-order valence-corrected chi connectivity index (χ2v) is 20.6. The Morgan fingerprint density at radius 3 is 0.986 bits per heavy atom. The zero-order valence-electron chi connectivity index (χ0n) is 37.6. The summed E-state index contributed by atoms with van der Waals surface area (Å²) in [5.74, 6) is 3.60. The fourth-order valence-electron chi connectivity index (χ4n) is 11.3. The lowest BCUT2D eigenvalue weighted by atomic mass is 9.32. The fourth-order valence-corrected chi connectivity index (χ4v) is 13.8. The van der Waals surface area contributed by atoms with Gasteiger partial charge >= 0.3 is 0 Å². The molecular formula is C62H38B2N2O2S2. The van der Waals surface area contributed by atoms with E-state index < -0.39 is 0 Å². The maximum absolute atomic E-state index is 7.15. The minimum Gasteiger partial charge on any atom is -0.458 e. The maximum atomic E-state index is 7.15. The molecule has 0 N–H and O–H groups in total. The lowest BCUT2D eigenvalue weighted by Crippen LogP contribution is -2.62. The summed E-state index contributed by atoms with van der Waals surface area (Å²) in [5.41, 5.74) is 13.9. The number of rotatable bonds is 6. The molecule has 0 saturated heterocycles. The molecular weight excluding hydrogens is 890 g/mol. The van der Waals surface area contributed by atoms with Crippen LogP contribution >= 0.6 is 23.5 Å². The average Bonchev–Trinajstić information content (AvgIpc) is 3.40. The van der Waals surface area contributed by atoms with Crippen LogP contribution in [0.4, 0.5) is 34.1 Å². The van der Waals surface area contributed by atoms with Crippen LogP contribution in [-0.4, -0.2) is 13.4 Å². The Labute approximate surface area is 415 Å². The number of ether oxygens (including phenoxy) is 2. The van der Waals surface area contributed by atoms with E-state index in [9.17, 15) is 0 Å². The smallest absolute Gasteiger partial charge is 0.253 e. The zero-order valence-corrected chi connectivity index (χ0v) is 39.3. The van der Waals surface area contributed by atoms with Gasteiger partial charge in [-0.2, -0.15) is 0 Å². The molecule has 0 radical (unpaired) electrons. The van der Waals surface area contributed by atoms with Crippen LogP contribution in [0.3, 0.4) is 0 Å². The van der Waals surface area contributed by atoms with Crippen molar-refractivity contribution in [3.8, 4) is 23.0 Å². The number of anilines is 6. The van der Waals surface area contributed by atoms with E-state index in [0.29, 0.717) is 0 Å². The number of hydrogen-bond donors (Lipinski definition) is 0. The van der Waals surface area contributed by atoms with Gasteiger partial charge in [0.15, 0.2) is 0 Å². The van der Waals surface area contributed by atoms with Gasteiger partial charge in [-0.25, -0.2) is 0 Å². The molecule has 0 spiro atoms. The molecule has 0 saturated carbocycles. The van der Waals surface area contributed by atoms with Crippen molar-refractivity contribution in [3.05, 3.63) is 231 Å². The molecule has 4 aliphatic rings. The van der Waals surface area contributed by atoms with Crippen LogP contribution < -0.4 is 52.1 Å². The SMILES string of the molecule is c1ccc(N(c2ccccc2)c2cc3c4c(c2)Sc2cc5c(cc2B4c2cc4ccccc4cc2O3)B2c3cc4ccccc4cc3Oc3cc(N(c4ccccc4)c4ccccc4)cc(c32)S5)cc1. The minimum absolute atomic E-state index is 0.0506. The highest BCUT2D eigenvalue weighted by molar-refractivity contribution is 8.01. The van der Waals surface area contributed by atoms with Crippen molar-refractivity contribution in [2.45, 2.75) is 19.6 Å². The quantitative estimate of drug-likeness (QED) is 0.154. The Kier molecular flexibility index (Phi) is 8.98. The van der Waals surface area contributed by atoms with Crippen LogP contribution in [0.25, 0.3) is 21.5 Å². The van der Waals surface area contributed by atoms with E-state index in [1.165, 1.54) is 63.1 Å². The van der Waals surface area contributed by atoms with Gasteiger partial charge in [0, 0.05) is 54.5 Å². The lowest BCUT2D eigenvalue weighted by Gasteiger charge is -2.38. The summed E-state index contributed by atoms with van der Waals surface area (Å²) < 4.78 is 14.3. The number of hydrogen-bond acceptors (Lipinski definition) is 6. The van der Waals surface area contributed by atoms with Crippen molar-refractivity contribution in [1.82, 2.24) is 0 Å². The Morgan fingerprint density at radius 2 is 0.614 bits per heavy atom. The van der Waals surface area contributed by atoms with Gasteiger partial charge in [-0.05, 0) is 122 Å². The minimum atomic E-state index is -0.0506. The number of fused-ring (bicyclic) bond motifs is 10. The van der Waals surface area contributed by atoms with E-state index in [1.54, 1.807) is 0 Å². The van der Waals surface area contributed by atoms with E-state index in [-0.39, 0.29) is 13.4 Å². The molecule has 4 aliphatic heterocycles. The number of para-hydroxylation sites is 4. The van der Waals surface area contributed by atoms with Crippen molar-refractivity contribution in [1.29, 1.82) is 0 Å². The van der Waals surface area contributed by atoms with Crippen LogP contribution in [-0.2, 0) is 0 Å². The van der Waals surface area contributed by atoms with Crippen LogP contribution in [0.2, 0.25) is 0 Å². The molecule has 0 unspecified atom stereocenters. The summed E-state index contributed by atoms with van der Waals surface area (Å²) in [5, 5.41) is 4.74. The molecule has 326 valence electrons. The van der Waals surface area contributed by atoms with Gasteiger partial charge in [0.05, 0.1) is 11.4 Å². The highest BCUT2D eigenvalue weighted by Crippen LogP contribution is 2.47. The Hall–Kier alpha value is -8.03. The highest BCUT2D eigenvalue weighted by Gasteiger charge is 2.45. The van der Waals surface area contributed by atoms with Gasteiger partial charge in [0.1, 0.15) is 23.0 Å². The van der Waals surface area contributed by atoms with E-state index in [4.69, 9.17) is 9.47 Å². The van der Waals surface area contributed by atoms with E-state index in [2.05, 4.69) is 240 Å². The van der Waals surface area contributed by atoms with Crippen LogP contribution in [0.1, 0.15) is 0 Å². The van der Waals surface area contributed by atoms with Gasteiger partial charge in [0.2, 0.25) is 0 Å². The Balaban J connectivity index is 0.956. The van der Waals surface area contributed by atoms with Crippen molar-refractivity contribution in [3.63, 3.8) is 0 Å². The molecule has 8 heteroatoms. The molecule has 70 heavy (non-hydrogen) atoms. The number of nitrogens with zero attached hydrogens (tertiary/aromatic N) is 2. The fraction of sp³-hybridized carbons (Fsp3) is 0. The standard InChI is InChI=1S/C62H38B2N2O2S2/c1-5-21-43(22-6-1)65(44-23-7-2-8-24-44)47-33-55-61-59(35-47)69-57-38-58-52(37-51(57)63(61)49-29-39-17-13-15-19-41(39)31-53(49)67-55)64-50-30-40-18-14-16-20-42(40)32-54(50)68-56-34-48(36-60(70-58)62(56)64)66(45-25-9-3-10-26-45)46-27-11-4-12-28-46/h1-38H. The summed E-state index contributed by atoms with van der Waals surface area (Å²) in [4.78, 5) is 9.62. The lowest BCUT2D eigenvalue weighted by molar-refractivity contribution is 0.487. The predicted octanol–water partition coefficient (Wildman–Crippen LogP) is 13.1. The van der Waals surface area contributed by atoms with E-state index in [1.807, 2.05) is 23.5 Å². The molecule has 0 bridgehead atoms. The average molecular weight is 929 g/mol. The molecule has 0 atom stereocenters. The van der Waals surface area contributed by atoms with Crippen molar-refractivity contribution in [2.24, 2.45) is 0 Å². The van der Waals surface area contributed by atoms with Gasteiger partial charge in [-0.3, -0.25) is 0 Å². The van der Waals surface area contributed by atoms with E-state index >= 15 is 0 Å². The maximum Gasteiger partial charge on any atom is 0.253 e. The molecule has 11 aromatic carbocycles. The largest absolute Gasteiger partial charge is 0.458 e. The summed E-state index contributed by atoms with van der Waals surface area (Å²) >= 11 is 3.73. The first-order chi connectivity index (χ1) is 34.7. The van der Waals surface area contributed by atoms with Gasteiger partial charge in [0.25, 0.3) is 13.4 Å². The third-order valence-corrected chi connectivity index (χ3v) is 16.6. The summed E-state index contributed by atoms with van der Waals surface area (Å²) in [6, 6.07) is 83.5. The second-order valence-electron chi connectivity index (χ2n) is 18.4. The topological polar surface area (TPSA) is 24.9 Å². The molecule has 15 rings (SSSR count). The molecule has 4 nitrogen and oxygen atoms in total. The first-order valence-corrected chi connectivity index (χ1v) is 25.4. The molecule has 0 aromatic heterocycles. The summed E-state index contributed by atoms with van der Waals surface area (Å²) in [7, 11) is 0. The zero-order chi connectivity index (χ0) is 45.9. The monoisotopic (exact) mass is 928 g/mol. The van der Waals surface area contributed by atoms with Crippen LogP contribution in [0.15, 0.2) is 250 Å². The second kappa shape index (κ2) is 15.8. The molecule has 0 fully saturated rings. The number of benzene rings is 11. The van der Waals surface area contributed by atoms with Crippen molar-refractivity contribution in [2.75, 3.05) is 9.80 Å². The highest BCUT2D eigenvalue weighted by atomic mass is 32.2. The van der Waals surface area contributed by atoms with Crippen molar-refractivity contribution >= 4 is 125 Å². The molecule has 11 aromatic rings. The normalized spacial score (nSPS) is 13.2.